The minimum Gasteiger partial charge on any atom is -0.142 e. The number of rotatable bonds is 8. The third-order valence-electron chi connectivity index (χ3n) is 4.32. The highest BCUT2D eigenvalue weighted by molar-refractivity contribution is 7.48. The summed E-state index contributed by atoms with van der Waals surface area (Å²) in [5.74, 6) is 1.13. The molecule has 0 aliphatic rings. The van der Waals surface area contributed by atoms with Crippen molar-refractivity contribution >= 4 is 13.3 Å². The maximum absolute atomic E-state index is 12.7. The zero-order valence-electron chi connectivity index (χ0n) is 17.0. The Morgan fingerprint density at radius 3 is 2.00 bits per heavy atom. The lowest BCUT2D eigenvalue weighted by Gasteiger charge is -2.19. The van der Waals surface area contributed by atoms with Crippen LogP contribution in [0.3, 0.4) is 0 Å². The van der Waals surface area contributed by atoms with E-state index >= 15 is 0 Å². The Morgan fingerprint density at radius 1 is 0.962 bits per heavy atom. The zero-order valence-corrected chi connectivity index (χ0v) is 17.9. The van der Waals surface area contributed by atoms with E-state index in [-0.39, 0.29) is 0 Å². The van der Waals surface area contributed by atoms with Crippen molar-refractivity contribution in [1.82, 2.24) is 0 Å². The second-order valence-electron chi connectivity index (χ2n) is 7.85. The summed E-state index contributed by atoms with van der Waals surface area (Å²) < 4.78 is 18.2. The van der Waals surface area contributed by atoms with E-state index < -0.39 is 8.03 Å². The van der Waals surface area contributed by atoms with Crippen molar-refractivity contribution < 1.29 is 9.09 Å². The predicted octanol–water partition coefficient (Wildman–Crippen LogP) is 6.46. The summed E-state index contributed by atoms with van der Waals surface area (Å²) in [5, 5.41) is 0.809. The van der Waals surface area contributed by atoms with Crippen molar-refractivity contribution in [3.8, 4) is 11.1 Å². The van der Waals surface area contributed by atoms with Crippen LogP contribution in [0.2, 0.25) is 0 Å². The van der Waals surface area contributed by atoms with Gasteiger partial charge in [-0.3, -0.25) is 0 Å². The number of hydrogen-bond acceptors (Lipinski definition) is 2. The van der Waals surface area contributed by atoms with Crippen LogP contribution in [0.1, 0.15) is 51.3 Å². The van der Waals surface area contributed by atoms with Crippen molar-refractivity contribution in [3.05, 3.63) is 53.1 Å². The summed E-state index contributed by atoms with van der Waals surface area (Å²) in [6.07, 6.45) is 2.03. The highest BCUT2D eigenvalue weighted by Crippen LogP contribution is 2.36. The van der Waals surface area contributed by atoms with E-state index in [0.29, 0.717) is 18.4 Å². The highest BCUT2D eigenvalue weighted by atomic mass is 31.1. The Kier molecular flexibility index (Phi) is 7.55. The van der Waals surface area contributed by atoms with Crippen LogP contribution in [-0.2, 0) is 21.9 Å². The molecular weight excluding hydrogens is 339 g/mol. The van der Waals surface area contributed by atoms with Gasteiger partial charge in [0.15, 0.2) is 0 Å². The molecule has 2 nitrogen and oxygen atoms in total. The average Bonchev–Trinajstić information content (AvgIpc) is 2.53. The van der Waals surface area contributed by atoms with E-state index in [4.69, 9.17) is 4.52 Å². The van der Waals surface area contributed by atoms with Gasteiger partial charge in [0, 0.05) is 5.56 Å². The van der Waals surface area contributed by atoms with Crippen LogP contribution in [0.5, 0.6) is 0 Å². The molecule has 0 spiro atoms. The van der Waals surface area contributed by atoms with E-state index in [0.717, 1.165) is 23.7 Å². The van der Waals surface area contributed by atoms with Crippen LogP contribution in [0.25, 0.3) is 11.1 Å². The van der Waals surface area contributed by atoms with Gasteiger partial charge < -0.3 is 0 Å². The molecule has 0 fully saturated rings. The fourth-order valence-electron chi connectivity index (χ4n) is 3.52. The molecule has 3 heteroatoms. The third kappa shape index (κ3) is 5.25. The largest absolute Gasteiger partial charge is 0.549 e. The molecule has 2 aromatic carbocycles. The first-order valence-electron chi connectivity index (χ1n) is 9.65. The molecule has 0 saturated carbocycles. The van der Waals surface area contributed by atoms with Crippen LogP contribution in [0.15, 0.2) is 36.4 Å². The Labute approximate surface area is 159 Å². The third-order valence-corrected chi connectivity index (χ3v) is 5.59. The smallest absolute Gasteiger partial charge is 0.142 e. The van der Waals surface area contributed by atoms with E-state index in [1.165, 1.54) is 22.3 Å². The van der Waals surface area contributed by atoms with Crippen molar-refractivity contribution in [2.75, 3.05) is 6.61 Å². The van der Waals surface area contributed by atoms with E-state index in [1.807, 2.05) is 25.1 Å². The summed E-state index contributed by atoms with van der Waals surface area (Å²) >= 11 is 0. The summed E-state index contributed by atoms with van der Waals surface area (Å²) in [6.45, 7) is 13.5. The fraction of sp³-hybridized carbons (Fsp3) is 0.478. The molecule has 0 aliphatic heterocycles. The number of aryl methyl sites for hydroxylation is 1. The summed E-state index contributed by atoms with van der Waals surface area (Å²) in [5.41, 5.74) is 6.32. The van der Waals surface area contributed by atoms with Crippen LogP contribution < -0.4 is 5.30 Å². The standard InChI is InChI=1S/C23H32O2P/c1-7-25-26(24)22-11-9-8-10-21(22)23-19(12-16(2)3)14-18(6)15-20(23)13-17(4)5/h8-11,14-17H,7,12-13H2,1-6H3/q+1. The summed E-state index contributed by atoms with van der Waals surface area (Å²) in [7, 11) is -1.84. The van der Waals surface area contributed by atoms with Crippen molar-refractivity contribution in [1.29, 1.82) is 0 Å². The molecule has 0 N–H and O–H groups in total. The maximum atomic E-state index is 12.7. The Balaban J connectivity index is 2.72. The molecule has 1 unspecified atom stereocenters. The van der Waals surface area contributed by atoms with Gasteiger partial charge in [0.25, 0.3) is 0 Å². The molecule has 0 radical (unpaired) electrons. The van der Waals surface area contributed by atoms with E-state index in [2.05, 4.69) is 52.8 Å². The topological polar surface area (TPSA) is 26.3 Å². The van der Waals surface area contributed by atoms with Gasteiger partial charge in [-0.05, 0) is 71.9 Å². The minimum absolute atomic E-state index is 0.454. The van der Waals surface area contributed by atoms with Crippen LogP contribution >= 0.6 is 8.03 Å². The first kappa shape index (κ1) is 20.8. The van der Waals surface area contributed by atoms with Crippen LogP contribution in [0, 0.1) is 18.8 Å². The maximum Gasteiger partial charge on any atom is 0.549 e. The molecule has 0 heterocycles. The average molecular weight is 371 g/mol. The lowest BCUT2D eigenvalue weighted by Crippen LogP contribution is -2.10. The van der Waals surface area contributed by atoms with Gasteiger partial charge >= 0.3 is 8.03 Å². The van der Waals surface area contributed by atoms with Crippen molar-refractivity contribution in [3.63, 3.8) is 0 Å². The molecular formula is C23H32O2P+. The van der Waals surface area contributed by atoms with Gasteiger partial charge in [0.1, 0.15) is 6.61 Å². The van der Waals surface area contributed by atoms with Gasteiger partial charge in [-0.25, -0.2) is 0 Å². The fourth-order valence-corrected chi connectivity index (χ4v) is 4.48. The molecule has 140 valence electrons. The Hall–Kier alpha value is -1.50. The monoisotopic (exact) mass is 371 g/mol. The van der Waals surface area contributed by atoms with Crippen molar-refractivity contribution in [2.45, 2.75) is 54.4 Å². The molecule has 0 bridgehead atoms. The second-order valence-corrected chi connectivity index (χ2v) is 9.10. The quantitative estimate of drug-likeness (QED) is 0.498. The molecule has 0 aliphatic carbocycles. The van der Waals surface area contributed by atoms with Gasteiger partial charge in [-0.2, -0.15) is 0 Å². The lowest BCUT2D eigenvalue weighted by molar-refractivity contribution is 0.357. The van der Waals surface area contributed by atoms with Gasteiger partial charge in [0.05, 0.1) is 0 Å². The molecule has 2 rings (SSSR count). The van der Waals surface area contributed by atoms with Gasteiger partial charge in [0.2, 0.25) is 5.30 Å². The summed E-state index contributed by atoms with van der Waals surface area (Å²) in [6, 6.07) is 12.6. The summed E-state index contributed by atoms with van der Waals surface area (Å²) in [4.78, 5) is 0. The number of benzene rings is 2. The van der Waals surface area contributed by atoms with Crippen LogP contribution in [0.4, 0.5) is 0 Å². The Bertz CT molecular complexity index is 732. The number of hydrogen-bond donors (Lipinski definition) is 0. The van der Waals surface area contributed by atoms with Gasteiger partial charge in [-0.1, -0.05) is 57.5 Å². The van der Waals surface area contributed by atoms with E-state index in [1.54, 1.807) is 0 Å². The van der Waals surface area contributed by atoms with E-state index in [9.17, 15) is 4.57 Å². The SMILES string of the molecule is CCO[P+](=O)c1ccccc1-c1c(CC(C)C)cc(C)cc1CC(C)C. The van der Waals surface area contributed by atoms with Crippen LogP contribution in [-0.4, -0.2) is 6.61 Å². The normalized spacial score (nSPS) is 12.1. The Morgan fingerprint density at radius 2 is 1.50 bits per heavy atom. The second kappa shape index (κ2) is 9.44. The van der Waals surface area contributed by atoms with Gasteiger partial charge in [-0.15, -0.1) is 4.52 Å². The highest BCUT2D eigenvalue weighted by Gasteiger charge is 2.28. The lowest BCUT2D eigenvalue weighted by atomic mass is 9.85. The minimum atomic E-state index is -1.84. The predicted molar refractivity (Wildman–Crippen MR) is 113 cm³/mol. The molecule has 0 aromatic heterocycles. The first-order valence-corrected chi connectivity index (χ1v) is 10.8. The molecule has 1 atom stereocenters. The first-order chi connectivity index (χ1) is 12.3. The zero-order chi connectivity index (χ0) is 19.3. The molecule has 2 aromatic rings. The molecule has 26 heavy (non-hydrogen) atoms. The van der Waals surface area contributed by atoms with Crippen molar-refractivity contribution in [2.24, 2.45) is 11.8 Å². The molecule has 0 amide bonds. The molecule has 0 saturated heterocycles.